The van der Waals surface area contributed by atoms with E-state index in [1.54, 1.807) is 0 Å². The Hall–Kier alpha value is -0.150. The third-order valence-electron chi connectivity index (χ3n) is 2.26. The highest BCUT2D eigenvalue weighted by Gasteiger charge is 2.06. The van der Waals surface area contributed by atoms with Gasteiger partial charge in [0.25, 0.3) is 0 Å². The van der Waals surface area contributed by atoms with Crippen molar-refractivity contribution in [3.05, 3.63) is 0 Å². The average Bonchev–Trinajstić information content (AvgIpc) is 2.02. The molecule has 0 bridgehead atoms. The summed E-state index contributed by atoms with van der Waals surface area (Å²) < 4.78 is 11.9. The van der Waals surface area contributed by atoms with E-state index >= 15 is 0 Å². The van der Waals surface area contributed by atoms with Crippen LogP contribution >= 0.6 is 0 Å². The lowest BCUT2D eigenvalue weighted by atomic mass is 10.2. The van der Waals surface area contributed by atoms with Crippen LogP contribution in [-0.2, 0) is 0 Å². The summed E-state index contributed by atoms with van der Waals surface area (Å²) in [6.07, 6.45) is 3.10. The maximum atomic E-state index is 11.9. The van der Waals surface area contributed by atoms with Gasteiger partial charge in [0.15, 0.2) is 0 Å². The van der Waals surface area contributed by atoms with E-state index in [2.05, 4.69) is 10.2 Å². The minimum absolute atomic E-state index is 0.172. The minimum atomic E-state index is -0.172. The molecule has 0 unspecified atom stereocenters. The first-order valence-corrected chi connectivity index (χ1v) is 4.92. The lowest BCUT2D eigenvalue weighted by Crippen LogP contribution is -2.34. The van der Waals surface area contributed by atoms with E-state index in [0.717, 1.165) is 32.7 Å². The fourth-order valence-corrected chi connectivity index (χ4v) is 1.60. The minimum Gasteiger partial charge on any atom is -0.317 e. The highest BCUT2D eigenvalue weighted by molar-refractivity contribution is 4.63. The zero-order chi connectivity index (χ0) is 8.65. The van der Waals surface area contributed by atoms with Crippen LogP contribution in [0, 0.1) is 0 Å². The van der Waals surface area contributed by atoms with E-state index in [-0.39, 0.29) is 6.67 Å². The Bertz CT molecular complexity index is 97.9. The summed E-state index contributed by atoms with van der Waals surface area (Å²) >= 11 is 0. The van der Waals surface area contributed by atoms with E-state index in [9.17, 15) is 4.39 Å². The molecule has 0 saturated carbocycles. The van der Waals surface area contributed by atoms with Gasteiger partial charge in [0.05, 0.1) is 6.67 Å². The summed E-state index contributed by atoms with van der Waals surface area (Å²) in [4.78, 5) is 2.38. The van der Waals surface area contributed by atoms with E-state index in [1.165, 1.54) is 12.8 Å². The molecule has 1 fully saturated rings. The Labute approximate surface area is 74.1 Å². The van der Waals surface area contributed by atoms with E-state index in [4.69, 9.17) is 0 Å². The zero-order valence-electron chi connectivity index (χ0n) is 7.69. The number of alkyl halides is 1. The molecule has 2 nitrogen and oxygen atoms in total. The second kappa shape index (κ2) is 6.38. The fourth-order valence-electron chi connectivity index (χ4n) is 1.60. The Morgan fingerprint density at radius 3 is 2.42 bits per heavy atom. The monoisotopic (exact) mass is 174 g/mol. The summed E-state index contributed by atoms with van der Waals surface area (Å²) in [6.45, 7) is 5.27. The Balaban J connectivity index is 2.11. The third-order valence-corrected chi connectivity index (χ3v) is 2.26. The van der Waals surface area contributed by atoms with Gasteiger partial charge in [-0.3, -0.25) is 4.39 Å². The largest absolute Gasteiger partial charge is 0.317 e. The molecule has 0 atom stereocenters. The normalized spacial score (nSPS) is 21.8. The van der Waals surface area contributed by atoms with Crippen LogP contribution in [0.1, 0.15) is 19.3 Å². The first-order valence-electron chi connectivity index (χ1n) is 4.92. The topological polar surface area (TPSA) is 15.3 Å². The predicted octanol–water partition coefficient (Wildman–Crippen LogP) is 1.03. The highest BCUT2D eigenvalue weighted by atomic mass is 19.1. The van der Waals surface area contributed by atoms with Crippen molar-refractivity contribution in [2.45, 2.75) is 19.3 Å². The van der Waals surface area contributed by atoms with Gasteiger partial charge >= 0.3 is 0 Å². The van der Waals surface area contributed by atoms with Crippen LogP contribution < -0.4 is 5.32 Å². The van der Waals surface area contributed by atoms with Crippen molar-refractivity contribution in [2.24, 2.45) is 0 Å². The maximum absolute atomic E-state index is 11.9. The van der Waals surface area contributed by atoms with Crippen LogP contribution in [0.5, 0.6) is 0 Å². The van der Waals surface area contributed by atoms with Crippen LogP contribution in [0.3, 0.4) is 0 Å². The van der Waals surface area contributed by atoms with E-state index in [0.29, 0.717) is 6.42 Å². The molecule has 1 heterocycles. The number of hydrogen-bond donors (Lipinski definition) is 1. The molecule has 0 aromatic heterocycles. The van der Waals surface area contributed by atoms with Gasteiger partial charge in [-0.05, 0) is 45.4 Å². The van der Waals surface area contributed by atoms with Crippen LogP contribution in [0.25, 0.3) is 0 Å². The molecule has 72 valence electrons. The SMILES string of the molecule is FCCCN1CCCNCCC1. The number of rotatable bonds is 3. The Kier molecular flexibility index (Phi) is 5.28. The van der Waals surface area contributed by atoms with E-state index in [1.807, 2.05) is 0 Å². The number of halogens is 1. The zero-order valence-corrected chi connectivity index (χ0v) is 7.69. The molecule has 0 aromatic carbocycles. The number of hydrogen-bond acceptors (Lipinski definition) is 2. The third kappa shape index (κ3) is 4.02. The van der Waals surface area contributed by atoms with Gasteiger partial charge in [0, 0.05) is 6.54 Å². The highest BCUT2D eigenvalue weighted by Crippen LogP contribution is 1.98. The van der Waals surface area contributed by atoms with E-state index < -0.39 is 0 Å². The maximum Gasteiger partial charge on any atom is 0.0906 e. The smallest absolute Gasteiger partial charge is 0.0906 e. The van der Waals surface area contributed by atoms with Gasteiger partial charge in [-0.1, -0.05) is 0 Å². The molecular formula is C9H19FN2. The molecule has 0 radical (unpaired) electrons. The van der Waals surface area contributed by atoms with Crippen LogP contribution in [-0.4, -0.2) is 44.3 Å². The van der Waals surface area contributed by atoms with Gasteiger partial charge in [-0.25, -0.2) is 0 Å². The molecule has 0 aromatic rings. The van der Waals surface area contributed by atoms with Crippen molar-refractivity contribution in [3.8, 4) is 0 Å². The first-order chi connectivity index (χ1) is 5.93. The Morgan fingerprint density at radius 1 is 1.17 bits per heavy atom. The average molecular weight is 174 g/mol. The molecule has 0 amide bonds. The summed E-state index contributed by atoms with van der Waals surface area (Å²) in [7, 11) is 0. The fraction of sp³-hybridized carbons (Fsp3) is 1.00. The Morgan fingerprint density at radius 2 is 1.83 bits per heavy atom. The second-order valence-electron chi connectivity index (χ2n) is 3.34. The number of nitrogens with one attached hydrogen (secondary N) is 1. The quantitative estimate of drug-likeness (QED) is 0.687. The first kappa shape index (κ1) is 9.93. The summed E-state index contributed by atoms with van der Waals surface area (Å²) in [6, 6.07) is 0. The molecular weight excluding hydrogens is 155 g/mol. The van der Waals surface area contributed by atoms with Crippen molar-refractivity contribution >= 4 is 0 Å². The van der Waals surface area contributed by atoms with Crippen molar-refractivity contribution in [1.82, 2.24) is 10.2 Å². The van der Waals surface area contributed by atoms with Crippen molar-refractivity contribution < 1.29 is 4.39 Å². The summed E-state index contributed by atoms with van der Waals surface area (Å²) in [5, 5.41) is 3.36. The van der Waals surface area contributed by atoms with Gasteiger partial charge in [-0.15, -0.1) is 0 Å². The molecule has 0 spiro atoms. The van der Waals surface area contributed by atoms with Gasteiger partial charge < -0.3 is 10.2 Å². The van der Waals surface area contributed by atoms with Crippen molar-refractivity contribution in [1.29, 1.82) is 0 Å². The van der Waals surface area contributed by atoms with Gasteiger partial charge in [0.2, 0.25) is 0 Å². The molecule has 1 aliphatic rings. The molecule has 12 heavy (non-hydrogen) atoms. The summed E-state index contributed by atoms with van der Waals surface area (Å²) in [5.74, 6) is 0. The van der Waals surface area contributed by atoms with Crippen molar-refractivity contribution in [3.63, 3.8) is 0 Å². The van der Waals surface area contributed by atoms with Crippen LogP contribution in [0.15, 0.2) is 0 Å². The van der Waals surface area contributed by atoms with Crippen LogP contribution in [0.2, 0.25) is 0 Å². The van der Waals surface area contributed by atoms with Crippen molar-refractivity contribution in [2.75, 3.05) is 39.4 Å². The molecule has 1 saturated heterocycles. The number of nitrogens with zero attached hydrogens (tertiary/aromatic N) is 1. The molecule has 3 heteroatoms. The summed E-state index contributed by atoms with van der Waals surface area (Å²) in [5.41, 5.74) is 0. The molecule has 1 N–H and O–H groups in total. The molecule has 1 rings (SSSR count). The lowest BCUT2D eigenvalue weighted by molar-refractivity contribution is 0.241. The van der Waals surface area contributed by atoms with Gasteiger partial charge in [-0.2, -0.15) is 0 Å². The molecule has 1 aliphatic heterocycles. The van der Waals surface area contributed by atoms with Gasteiger partial charge in [0.1, 0.15) is 0 Å². The van der Waals surface area contributed by atoms with Crippen LogP contribution in [0.4, 0.5) is 4.39 Å². The lowest BCUT2D eigenvalue weighted by Gasteiger charge is -2.24. The standard InChI is InChI=1S/C9H19FN2/c10-4-1-7-12-8-2-5-11-6-3-9-12/h11H,1-9H2. The predicted molar refractivity (Wildman–Crippen MR) is 49.1 cm³/mol. The molecule has 0 aliphatic carbocycles. The second-order valence-corrected chi connectivity index (χ2v) is 3.34.